The van der Waals surface area contributed by atoms with Crippen LogP contribution in [0.2, 0.25) is 0 Å². The average molecular weight is 555 g/mol. The first-order valence-corrected chi connectivity index (χ1v) is 16.2. The molecule has 0 bridgehead atoms. The SMILES string of the molecule is CCCCCCCCCCCCCCCCCCOC(=O)c1ccccc1C(=O)OC(CCC)S(=O)(=O)O. The smallest absolute Gasteiger partial charge is 0.340 e. The molecule has 1 unspecified atom stereocenters. The minimum atomic E-state index is -4.56. The molecule has 8 heteroatoms. The van der Waals surface area contributed by atoms with Gasteiger partial charge in [-0.2, -0.15) is 8.42 Å². The van der Waals surface area contributed by atoms with E-state index < -0.39 is 27.5 Å². The Bertz CT molecular complexity index is 882. The van der Waals surface area contributed by atoms with E-state index in [1.807, 2.05) is 0 Å². The fourth-order valence-electron chi connectivity index (χ4n) is 4.42. The Morgan fingerprint density at radius 3 is 1.53 bits per heavy atom. The Morgan fingerprint density at radius 2 is 1.11 bits per heavy atom. The molecule has 1 aromatic rings. The first-order valence-electron chi connectivity index (χ1n) is 14.7. The summed E-state index contributed by atoms with van der Waals surface area (Å²) in [6.07, 6.45) is 20.5. The molecule has 0 fully saturated rings. The highest BCUT2D eigenvalue weighted by Crippen LogP contribution is 2.17. The summed E-state index contributed by atoms with van der Waals surface area (Å²) < 4.78 is 42.6. The van der Waals surface area contributed by atoms with Gasteiger partial charge in [0.15, 0.2) is 0 Å². The normalized spacial score (nSPS) is 12.3. The quantitative estimate of drug-likeness (QED) is 0.0824. The number of esters is 2. The summed E-state index contributed by atoms with van der Waals surface area (Å²) in [6.45, 7) is 4.21. The molecule has 0 spiro atoms. The Kier molecular flexibility index (Phi) is 18.8. The highest BCUT2D eigenvalue weighted by molar-refractivity contribution is 7.86. The Hall–Kier alpha value is -1.93. The van der Waals surface area contributed by atoms with Crippen LogP contribution in [0.5, 0.6) is 0 Å². The van der Waals surface area contributed by atoms with Crippen LogP contribution in [0, 0.1) is 0 Å². The molecule has 0 saturated heterocycles. The van der Waals surface area contributed by atoms with Gasteiger partial charge < -0.3 is 9.47 Å². The molecule has 0 aromatic heterocycles. The van der Waals surface area contributed by atoms with Gasteiger partial charge in [0.2, 0.25) is 5.44 Å². The molecule has 0 aliphatic heterocycles. The van der Waals surface area contributed by atoms with Gasteiger partial charge >= 0.3 is 22.1 Å². The molecule has 0 amide bonds. The summed E-state index contributed by atoms with van der Waals surface area (Å²) in [6, 6.07) is 5.95. The van der Waals surface area contributed by atoms with E-state index in [9.17, 15) is 22.6 Å². The maximum absolute atomic E-state index is 12.5. The van der Waals surface area contributed by atoms with Crippen molar-refractivity contribution in [1.29, 1.82) is 0 Å². The van der Waals surface area contributed by atoms with Gasteiger partial charge in [0, 0.05) is 6.42 Å². The highest BCUT2D eigenvalue weighted by atomic mass is 32.2. The van der Waals surface area contributed by atoms with Gasteiger partial charge in [0.25, 0.3) is 0 Å². The molecule has 0 heterocycles. The van der Waals surface area contributed by atoms with Crippen LogP contribution in [0.15, 0.2) is 24.3 Å². The molecular formula is C30H50O7S. The van der Waals surface area contributed by atoms with E-state index in [2.05, 4.69) is 6.92 Å². The van der Waals surface area contributed by atoms with Crippen molar-refractivity contribution in [2.24, 2.45) is 0 Å². The van der Waals surface area contributed by atoms with Gasteiger partial charge in [-0.25, -0.2) is 9.59 Å². The second-order valence-corrected chi connectivity index (χ2v) is 11.7. The van der Waals surface area contributed by atoms with Crippen molar-refractivity contribution >= 4 is 22.1 Å². The summed E-state index contributed by atoms with van der Waals surface area (Å²) >= 11 is 0. The van der Waals surface area contributed by atoms with Crippen molar-refractivity contribution in [1.82, 2.24) is 0 Å². The summed E-state index contributed by atoms with van der Waals surface area (Å²) in [5.41, 5.74) is -1.75. The lowest BCUT2D eigenvalue weighted by atomic mass is 10.0. The molecule has 218 valence electrons. The molecule has 1 aromatic carbocycles. The molecule has 0 radical (unpaired) electrons. The number of unbranched alkanes of at least 4 members (excludes halogenated alkanes) is 15. The predicted octanol–water partition coefficient (Wildman–Crippen LogP) is 8.28. The highest BCUT2D eigenvalue weighted by Gasteiger charge is 2.28. The van der Waals surface area contributed by atoms with E-state index in [-0.39, 0.29) is 24.2 Å². The van der Waals surface area contributed by atoms with Crippen LogP contribution >= 0.6 is 0 Å². The second-order valence-electron chi connectivity index (χ2n) is 10.1. The second kappa shape index (κ2) is 21.0. The van der Waals surface area contributed by atoms with Crippen LogP contribution in [0.25, 0.3) is 0 Å². The van der Waals surface area contributed by atoms with Crippen LogP contribution < -0.4 is 0 Å². The van der Waals surface area contributed by atoms with Crippen LogP contribution in [0.4, 0.5) is 0 Å². The Balaban J connectivity index is 2.19. The fraction of sp³-hybridized carbons (Fsp3) is 0.733. The third-order valence-electron chi connectivity index (χ3n) is 6.69. The van der Waals surface area contributed by atoms with E-state index in [0.717, 1.165) is 19.3 Å². The van der Waals surface area contributed by atoms with Crippen molar-refractivity contribution in [3.8, 4) is 0 Å². The molecule has 38 heavy (non-hydrogen) atoms. The van der Waals surface area contributed by atoms with Crippen LogP contribution in [0.3, 0.4) is 0 Å². The molecular weight excluding hydrogens is 504 g/mol. The van der Waals surface area contributed by atoms with E-state index in [1.54, 1.807) is 19.1 Å². The first-order chi connectivity index (χ1) is 18.3. The zero-order valence-corrected chi connectivity index (χ0v) is 24.4. The van der Waals surface area contributed by atoms with E-state index in [4.69, 9.17) is 9.47 Å². The van der Waals surface area contributed by atoms with Gasteiger partial charge in [-0.1, -0.05) is 129 Å². The maximum atomic E-state index is 12.5. The summed E-state index contributed by atoms with van der Waals surface area (Å²) in [7, 11) is -4.56. The number of carbonyl (C=O) groups is 2. The standard InChI is InChI=1S/C30H50O7S/c1-3-5-6-7-8-9-10-11-12-13-14-15-16-17-18-21-25-36-29(31)26-23-19-20-24-27(26)30(32)37-28(22-4-2)38(33,34)35/h19-20,23-24,28H,3-18,21-22,25H2,1-2H3,(H,33,34,35). The maximum Gasteiger partial charge on any atom is 0.340 e. The van der Waals surface area contributed by atoms with Crippen LogP contribution in [-0.4, -0.2) is 37.0 Å². The molecule has 0 aliphatic rings. The van der Waals surface area contributed by atoms with E-state index >= 15 is 0 Å². The Labute approximate surface area is 230 Å². The molecule has 1 N–H and O–H groups in total. The van der Waals surface area contributed by atoms with Crippen LogP contribution in [0.1, 0.15) is 150 Å². The topological polar surface area (TPSA) is 107 Å². The summed E-state index contributed by atoms with van der Waals surface area (Å²) in [4.78, 5) is 25.1. The minimum Gasteiger partial charge on any atom is -0.462 e. The third kappa shape index (κ3) is 15.5. The monoisotopic (exact) mass is 554 g/mol. The largest absolute Gasteiger partial charge is 0.462 e. The van der Waals surface area contributed by atoms with Crippen molar-refractivity contribution in [2.75, 3.05) is 6.61 Å². The number of ether oxygens (including phenoxy) is 2. The zero-order valence-electron chi connectivity index (χ0n) is 23.6. The zero-order chi connectivity index (χ0) is 28.1. The van der Waals surface area contributed by atoms with Gasteiger partial charge in [-0.3, -0.25) is 4.55 Å². The van der Waals surface area contributed by atoms with Crippen molar-refractivity contribution < 1.29 is 32.0 Å². The third-order valence-corrected chi connectivity index (χ3v) is 7.69. The number of carbonyl (C=O) groups excluding carboxylic acids is 2. The van der Waals surface area contributed by atoms with Gasteiger partial charge in [-0.05, 0) is 18.6 Å². The summed E-state index contributed by atoms with van der Waals surface area (Å²) in [5.74, 6) is -1.64. The first kappa shape index (κ1) is 34.1. The van der Waals surface area contributed by atoms with Crippen molar-refractivity contribution in [3.05, 3.63) is 35.4 Å². The molecule has 0 aliphatic carbocycles. The lowest BCUT2D eigenvalue weighted by molar-refractivity contribution is 0.0395. The lowest BCUT2D eigenvalue weighted by Gasteiger charge is -2.15. The van der Waals surface area contributed by atoms with Gasteiger partial charge in [0.1, 0.15) is 0 Å². The minimum absolute atomic E-state index is 0.0135. The number of benzene rings is 1. The fourth-order valence-corrected chi connectivity index (χ4v) is 5.16. The number of hydrogen-bond acceptors (Lipinski definition) is 6. The average Bonchev–Trinajstić information content (AvgIpc) is 2.89. The van der Waals surface area contributed by atoms with Gasteiger partial charge in [0.05, 0.1) is 17.7 Å². The Morgan fingerprint density at radius 1 is 0.684 bits per heavy atom. The van der Waals surface area contributed by atoms with E-state index in [1.165, 1.54) is 95.6 Å². The van der Waals surface area contributed by atoms with Crippen LogP contribution in [-0.2, 0) is 19.6 Å². The van der Waals surface area contributed by atoms with Gasteiger partial charge in [-0.15, -0.1) is 0 Å². The molecule has 7 nitrogen and oxygen atoms in total. The number of rotatable bonds is 23. The van der Waals surface area contributed by atoms with E-state index in [0.29, 0.717) is 6.42 Å². The predicted molar refractivity (Wildman–Crippen MR) is 152 cm³/mol. The molecule has 1 atom stereocenters. The summed E-state index contributed by atoms with van der Waals surface area (Å²) in [5, 5.41) is 0. The van der Waals surface area contributed by atoms with Crippen molar-refractivity contribution in [3.63, 3.8) is 0 Å². The molecule has 1 rings (SSSR count). The lowest BCUT2D eigenvalue weighted by Crippen LogP contribution is -2.27. The van der Waals surface area contributed by atoms with Crippen molar-refractivity contribution in [2.45, 2.75) is 135 Å². The number of hydrogen-bond donors (Lipinski definition) is 1. The molecule has 0 saturated carbocycles.